The number of rotatable bonds is 8. The fraction of sp³-hybridized carbons (Fsp3) is 0.636. The Morgan fingerprint density at radius 2 is 1.63 bits per heavy atom. The minimum atomic E-state index is 0.208. The lowest BCUT2D eigenvalue weighted by Crippen LogP contribution is -2.45. The van der Waals surface area contributed by atoms with E-state index in [1.807, 2.05) is 45.0 Å². The summed E-state index contributed by atoms with van der Waals surface area (Å²) in [4.78, 5) is 26.4. The summed E-state index contributed by atoms with van der Waals surface area (Å²) >= 11 is 0. The van der Waals surface area contributed by atoms with E-state index in [4.69, 9.17) is 4.74 Å². The van der Waals surface area contributed by atoms with Gasteiger partial charge in [-0.05, 0) is 37.1 Å². The molecule has 0 aliphatic carbocycles. The molecular weight excluding hydrogens is 340 g/mol. The lowest BCUT2D eigenvalue weighted by atomic mass is 10.1. The van der Waals surface area contributed by atoms with Crippen molar-refractivity contribution >= 4 is 17.9 Å². The summed E-state index contributed by atoms with van der Waals surface area (Å²) in [5, 5.41) is 0. The van der Waals surface area contributed by atoms with E-state index in [1.165, 1.54) is 12.8 Å². The van der Waals surface area contributed by atoms with E-state index in [2.05, 4.69) is 11.8 Å². The summed E-state index contributed by atoms with van der Waals surface area (Å²) in [5.41, 5.74) is 1.91. The van der Waals surface area contributed by atoms with Crippen LogP contribution in [0.15, 0.2) is 24.3 Å². The number of benzene rings is 1. The van der Waals surface area contributed by atoms with Gasteiger partial charge < -0.3 is 14.5 Å². The van der Waals surface area contributed by atoms with E-state index in [0.717, 1.165) is 56.9 Å². The molecule has 0 aromatic heterocycles. The van der Waals surface area contributed by atoms with Crippen molar-refractivity contribution in [2.75, 3.05) is 44.8 Å². The van der Waals surface area contributed by atoms with Crippen LogP contribution in [-0.4, -0.2) is 57.0 Å². The van der Waals surface area contributed by atoms with Gasteiger partial charge in [0, 0.05) is 57.6 Å². The van der Waals surface area contributed by atoms with Crippen molar-refractivity contribution in [3.8, 4) is 0 Å². The van der Waals surface area contributed by atoms with Crippen molar-refractivity contribution in [3.63, 3.8) is 0 Å². The molecule has 154 valence electrons. The Morgan fingerprint density at radius 3 is 2.04 bits per heavy atom. The zero-order chi connectivity index (χ0) is 20.5. The molecule has 1 aliphatic rings. The monoisotopic (exact) mass is 378 g/mol. The zero-order valence-corrected chi connectivity index (χ0v) is 17.9. The number of anilines is 1. The molecule has 1 aliphatic heterocycles. The van der Waals surface area contributed by atoms with E-state index in [9.17, 15) is 9.59 Å². The van der Waals surface area contributed by atoms with Crippen LogP contribution in [0.1, 0.15) is 63.7 Å². The summed E-state index contributed by atoms with van der Waals surface area (Å²) in [6.45, 7) is 12.3. The molecule has 0 N–H and O–H groups in total. The lowest BCUT2D eigenvalue weighted by molar-refractivity contribution is -0.118. The first-order valence-corrected chi connectivity index (χ1v) is 10.2. The van der Waals surface area contributed by atoms with Gasteiger partial charge in [0.1, 0.15) is 0 Å². The number of ether oxygens (including phenoxy) is 1. The fourth-order valence-corrected chi connectivity index (χ4v) is 2.60. The Bertz CT molecular complexity index is 491. The van der Waals surface area contributed by atoms with E-state index in [0.29, 0.717) is 6.42 Å². The number of unbranched alkanes of at least 4 members (excludes halogenated alkanes) is 1. The van der Waals surface area contributed by atoms with Crippen LogP contribution in [-0.2, 0) is 9.53 Å². The molecule has 0 spiro atoms. The molecule has 0 unspecified atom stereocenters. The minimum Gasteiger partial charge on any atom is -0.385 e. The van der Waals surface area contributed by atoms with Crippen LogP contribution in [0.25, 0.3) is 0 Å². The Morgan fingerprint density at radius 1 is 1.04 bits per heavy atom. The predicted octanol–water partition coefficient (Wildman–Crippen LogP) is 4.41. The van der Waals surface area contributed by atoms with Crippen molar-refractivity contribution < 1.29 is 14.3 Å². The van der Waals surface area contributed by atoms with Crippen molar-refractivity contribution in [2.24, 2.45) is 0 Å². The largest absolute Gasteiger partial charge is 0.385 e. The number of ketones is 1. The number of carbonyl (C=O) groups is 2. The van der Waals surface area contributed by atoms with Gasteiger partial charge in [-0.25, -0.2) is 0 Å². The first kappa shape index (κ1) is 25.1. The standard InChI is InChI=1S/C15H20N2O2.C5H12O.C2H6/c1-2-3-15(19)13-4-6-14(7-5-13)17-10-8-16(12-18)9-11-17;1-3-4-5-6-2;1-2/h4-7,12H,2-3,8-11H2,1H3;3-5H2,1-2H3;1-2H3. The molecule has 1 aromatic carbocycles. The van der Waals surface area contributed by atoms with Gasteiger partial charge in [0.25, 0.3) is 0 Å². The van der Waals surface area contributed by atoms with Crippen LogP contribution in [0.4, 0.5) is 5.69 Å². The zero-order valence-electron chi connectivity index (χ0n) is 17.9. The molecule has 1 amide bonds. The molecule has 27 heavy (non-hydrogen) atoms. The third-order valence-electron chi connectivity index (χ3n) is 4.20. The summed E-state index contributed by atoms with van der Waals surface area (Å²) in [6.07, 6.45) is 4.82. The van der Waals surface area contributed by atoms with Crippen LogP contribution in [0.2, 0.25) is 0 Å². The number of carbonyl (C=O) groups excluding carboxylic acids is 2. The normalized spacial score (nSPS) is 13.1. The maximum absolute atomic E-state index is 11.8. The molecule has 0 radical (unpaired) electrons. The summed E-state index contributed by atoms with van der Waals surface area (Å²) in [7, 11) is 1.73. The van der Waals surface area contributed by atoms with Crippen LogP contribution < -0.4 is 4.90 Å². The van der Waals surface area contributed by atoms with Gasteiger partial charge in [0.05, 0.1) is 0 Å². The van der Waals surface area contributed by atoms with E-state index in [1.54, 1.807) is 12.0 Å². The van der Waals surface area contributed by atoms with E-state index >= 15 is 0 Å². The van der Waals surface area contributed by atoms with Crippen molar-refractivity contribution in [2.45, 2.75) is 53.4 Å². The SMILES string of the molecule is CC.CCCC(=O)c1ccc(N2CCN(C=O)CC2)cc1.CCCCOC. The maximum atomic E-state index is 11.8. The Hall–Kier alpha value is -1.88. The smallest absolute Gasteiger partial charge is 0.209 e. The summed E-state index contributed by atoms with van der Waals surface area (Å²) in [5.74, 6) is 0.208. The third-order valence-corrected chi connectivity index (χ3v) is 4.20. The van der Waals surface area contributed by atoms with Crippen LogP contribution in [0.5, 0.6) is 0 Å². The van der Waals surface area contributed by atoms with Crippen LogP contribution in [0.3, 0.4) is 0 Å². The highest BCUT2D eigenvalue weighted by Gasteiger charge is 2.15. The van der Waals surface area contributed by atoms with Crippen molar-refractivity contribution in [1.82, 2.24) is 4.90 Å². The van der Waals surface area contributed by atoms with Gasteiger partial charge in [-0.15, -0.1) is 0 Å². The fourth-order valence-electron chi connectivity index (χ4n) is 2.60. The van der Waals surface area contributed by atoms with Gasteiger partial charge >= 0.3 is 0 Å². The van der Waals surface area contributed by atoms with Crippen LogP contribution >= 0.6 is 0 Å². The van der Waals surface area contributed by atoms with Gasteiger partial charge in [-0.1, -0.05) is 34.1 Å². The summed E-state index contributed by atoms with van der Waals surface area (Å²) in [6, 6.07) is 7.80. The molecule has 0 atom stereocenters. The molecular formula is C22H38N2O3. The van der Waals surface area contributed by atoms with E-state index < -0.39 is 0 Å². The Labute approximate surface area is 165 Å². The van der Waals surface area contributed by atoms with Crippen LogP contribution in [0, 0.1) is 0 Å². The molecule has 5 nitrogen and oxygen atoms in total. The van der Waals surface area contributed by atoms with Crippen molar-refractivity contribution in [1.29, 1.82) is 0 Å². The number of amides is 1. The molecule has 0 bridgehead atoms. The first-order chi connectivity index (χ1) is 13.2. The highest BCUT2D eigenvalue weighted by molar-refractivity contribution is 5.96. The number of hydrogen-bond donors (Lipinski definition) is 0. The number of Topliss-reactive ketones (excluding diaryl/α,β-unsaturated/α-hetero) is 1. The maximum Gasteiger partial charge on any atom is 0.209 e. The number of hydrogen-bond acceptors (Lipinski definition) is 4. The predicted molar refractivity (Wildman–Crippen MR) is 114 cm³/mol. The average molecular weight is 379 g/mol. The first-order valence-electron chi connectivity index (χ1n) is 10.2. The molecule has 1 heterocycles. The minimum absolute atomic E-state index is 0.208. The topological polar surface area (TPSA) is 49.9 Å². The highest BCUT2D eigenvalue weighted by atomic mass is 16.5. The molecule has 0 saturated carbocycles. The number of nitrogens with zero attached hydrogens (tertiary/aromatic N) is 2. The second-order valence-corrected chi connectivity index (χ2v) is 6.19. The Balaban J connectivity index is 0.000000722. The second kappa shape index (κ2) is 16.3. The van der Waals surface area contributed by atoms with Gasteiger partial charge in [0.15, 0.2) is 5.78 Å². The summed E-state index contributed by atoms with van der Waals surface area (Å²) < 4.78 is 4.78. The van der Waals surface area contributed by atoms with Gasteiger partial charge in [0.2, 0.25) is 6.41 Å². The third kappa shape index (κ3) is 10.1. The van der Waals surface area contributed by atoms with E-state index in [-0.39, 0.29) is 5.78 Å². The molecule has 1 aromatic rings. The second-order valence-electron chi connectivity index (χ2n) is 6.19. The Kier molecular flexibility index (Phi) is 15.2. The van der Waals surface area contributed by atoms with Crippen molar-refractivity contribution in [3.05, 3.63) is 29.8 Å². The van der Waals surface area contributed by atoms with Gasteiger partial charge in [-0.2, -0.15) is 0 Å². The molecule has 2 rings (SSSR count). The highest BCUT2D eigenvalue weighted by Crippen LogP contribution is 2.18. The lowest BCUT2D eigenvalue weighted by Gasteiger charge is -2.34. The van der Waals surface area contributed by atoms with Gasteiger partial charge in [-0.3, -0.25) is 9.59 Å². The quantitative estimate of drug-likeness (QED) is 0.382. The molecule has 1 fully saturated rings. The molecule has 5 heteroatoms. The average Bonchev–Trinajstić information content (AvgIpc) is 2.74. The molecule has 1 saturated heterocycles. The number of methoxy groups -OCH3 is 1. The number of piperazine rings is 1.